The van der Waals surface area contributed by atoms with Crippen molar-refractivity contribution in [3.8, 4) is 11.4 Å². The summed E-state index contributed by atoms with van der Waals surface area (Å²) in [4.78, 5) is 14.7. The van der Waals surface area contributed by atoms with Gasteiger partial charge >= 0.3 is 0 Å². The van der Waals surface area contributed by atoms with Gasteiger partial charge in [-0.3, -0.25) is 9.36 Å². The lowest BCUT2D eigenvalue weighted by molar-refractivity contribution is -0.131. The smallest absolute Gasteiger partial charge is 0.233 e. The lowest BCUT2D eigenvalue weighted by Gasteiger charge is -2.33. The third kappa shape index (κ3) is 4.56. The highest BCUT2D eigenvalue weighted by Crippen LogP contribution is 2.28. The second kappa shape index (κ2) is 9.43. The molecule has 1 aromatic heterocycles. The number of rotatable bonds is 6. The topological polar surface area (TPSA) is 51.0 Å². The van der Waals surface area contributed by atoms with Crippen molar-refractivity contribution >= 4 is 17.7 Å². The summed E-state index contributed by atoms with van der Waals surface area (Å²) in [5, 5.41) is 9.20. The van der Waals surface area contributed by atoms with E-state index in [1.165, 1.54) is 24.2 Å². The van der Waals surface area contributed by atoms with Crippen LogP contribution in [0.1, 0.15) is 31.7 Å². The van der Waals surface area contributed by atoms with Crippen molar-refractivity contribution in [2.24, 2.45) is 0 Å². The summed E-state index contributed by atoms with van der Waals surface area (Å²) < 4.78 is 16.3. The van der Waals surface area contributed by atoms with Gasteiger partial charge in [0.2, 0.25) is 5.91 Å². The predicted molar refractivity (Wildman–Crippen MR) is 117 cm³/mol. The number of thioether (sulfide) groups is 1. The molecule has 0 saturated carbocycles. The molecule has 1 saturated heterocycles. The van der Waals surface area contributed by atoms with Crippen molar-refractivity contribution in [3.05, 3.63) is 66.0 Å². The molecule has 4 rings (SSSR count). The second-order valence-electron chi connectivity index (χ2n) is 7.58. The molecule has 1 amide bonds. The SMILES string of the molecule is CC1CCCCN1C(=O)CSc1nnc(-c2ccccc2F)n1Cc1ccccc1. The van der Waals surface area contributed by atoms with Crippen molar-refractivity contribution in [2.75, 3.05) is 12.3 Å². The van der Waals surface area contributed by atoms with Crippen molar-refractivity contribution in [1.29, 1.82) is 0 Å². The Morgan fingerprint density at radius 2 is 1.87 bits per heavy atom. The quantitative estimate of drug-likeness (QED) is 0.542. The highest BCUT2D eigenvalue weighted by molar-refractivity contribution is 7.99. The zero-order valence-corrected chi connectivity index (χ0v) is 17.8. The number of amides is 1. The summed E-state index contributed by atoms with van der Waals surface area (Å²) in [5.41, 5.74) is 1.47. The van der Waals surface area contributed by atoms with Crippen molar-refractivity contribution in [1.82, 2.24) is 19.7 Å². The third-order valence-corrected chi connectivity index (χ3v) is 6.41. The first-order valence-electron chi connectivity index (χ1n) is 10.3. The molecule has 2 aromatic carbocycles. The van der Waals surface area contributed by atoms with Gasteiger partial charge in [0.15, 0.2) is 11.0 Å². The molecule has 1 aliphatic rings. The predicted octanol–water partition coefficient (Wildman–Crippen LogP) is 4.63. The van der Waals surface area contributed by atoms with Gasteiger partial charge in [0.1, 0.15) is 5.82 Å². The van der Waals surface area contributed by atoms with Crippen molar-refractivity contribution in [3.63, 3.8) is 0 Å². The summed E-state index contributed by atoms with van der Waals surface area (Å²) >= 11 is 1.37. The Morgan fingerprint density at radius 3 is 2.63 bits per heavy atom. The molecule has 1 fully saturated rings. The van der Waals surface area contributed by atoms with Crippen LogP contribution in [0.3, 0.4) is 0 Å². The molecule has 2 heterocycles. The minimum atomic E-state index is -0.339. The van der Waals surface area contributed by atoms with Crippen LogP contribution in [0.15, 0.2) is 59.8 Å². The van der Waals surface area contributed by atoms with Crippen LogP contribution in [-0.2, 0) is 11.3 Å². The normalized spacial score (nSPS) is 16.6. The van der Waals surface area contributed by atoms with E-state index < -0.39 is 0 Å². The number of nitrogens with zero attached hydrogens (tertiary/aromatic N) is 4. The van der Waals surface area contributed by atoms with Crippen LogP contribution in [-0.4, -0.2) is 43.9 Å². The Hall–Kier alpha value is -2.67. The van der Waals surface area contributed by atoms with E-state index in [0.717, 1.165) is 24.9 Å². The molecule has 1 aliphatic heterocycles. The molecule has 7 heteroatoms. The Labute approximate surface area is 180 Å². The number of piperidine rings is 1. The third-order valence-electron chi connectivity index (χ3n) is 5.46. The van der Waals surface area contributed by atoms with Gasteiger partial charge in [-0.1, -0.05) is 54.2 Å². The maximum atomic E-state index is 14.5. The Bertz CT molecular complexity index is 1010. The number of hydrogen-bond acceptors (Lipinski definition) is 4. The maximum Gasteiger partial charge on any atom is 0.233 e. The Kier molecular flexibility index (Phi) is 6.47. The molecule has 5 nitrogen and oxygen atoms in total. The van der Waals surface area contributed by atoms with Crippen LogP contribution in [0, 0.1) is 5.82 Å². The van der Waals surface area contributed by atoms with Crippen LogP contribution in [0.2, 0.25) is 0 Å². The van der Waals surface area contributed by atoms with Crippen LogP contribution >= 0.6 is 11.8 Å². The van der Waals surface area contributed by atoms with Gasteiger partial charge in [0.25, 0.3) is 0 Å². The van der Waals surface area contributed by atoms with Crippen LogP contribution in [0.5, 0.6) is 0 Å². The van der Waals surface area contributed by atoms with E-state index in [-0.39, 0.29) is 17.8 Å². The minimum absolute atomic E-state index is 0.119. The van der Waals surface area contributed by atoms with Gasteiger partial charge in [-0.05, 0) is 43.9 Å². The van der Waals surface area contributed by atoms with Gasteiger partial charge in [0, 0.05) is 12.6 Å². The average Bonchev–Trinajstić information content (AvgIpc) is 3.15. The first kappa shape index (κ1) is 20.6. The number of halogens is 1. The van der Waals surface area contributed by atoms with Crippen molar-refractivity contribution in [2.45, 2.75) is 43.9 Å². The number of carbonyl (C=O) groups is 1. The molecule has 156 valence electrons. The molecule has 30 heavy (non-hydrogen) atoms. The Morgan fingerprint density at radius 1 is 1.10 bits per heavy atom. The number of carbonyl (C=O) groups excluding carboxylic acids is 1. The fourth-order valence-corrected chi connectivity index (χ4v) is 4.65. The van der Waals surface area contributed by atoms with Crippen LogP contribution in [0.4, 0.5) is 4.39 Å². The Balaban J connectivity index is 1.59. The van der Waals surface area contributed by atoms with Gasteiger partial charge in [-0.15, -0.1) is 10.2 Å². The van der Waals surface area contributed by atoms with E-state index in [4.69, 9.17) is 0 Å². The largest absolute Gasteiger partial charge is 0.339 e. The molecule has 0 spiro atoms. The average molecular weight is 425 g/mol. The van der Waals surface area contributed by atoms with Gasteiger partial charge in [-0.2, -0.15) is 0 Å². The van der Waals surface area contributed by atoms with E-state index in [1.54, 1.807) is 18.2 Å². The van der Waals surface area contributed by atoms with E-state index in [2.05, 4.69) is 17.1 Å². The lowest BCUT2D eigenvalue weighted by atomic mass is 10.0. The maximum absolute atomic E-state index is 14.5. The highest BCUT2D eigenvalue weighted by atomic mass is 32.2. The van der Waals surface area contributed by atoms with Crippen LogP contribution < -0.4 is 0 Å². The molecular formula is C23H25FN4OS. The minimum Gasteiger partial charge on any atom is -0.339 e. The van der Waals surface area contributed by atoms with E-state index in [0.29, 0.717) is 28.8 Å². The monoisotopic (exact) mass is 424 g/mol. The van der Waals surface area contributed by atoms with Gasteiger partial charge in [-0.25, -0.2) is 4.39 Å². The molecule has 0 aliphatic carbocycles. The fraction of sp³-hybridized carbons (Fsp3) is 0.348. The number of likely N-dealkylation sites (tertiary alicyclic amines) is 1. The summed E-state index contributed by atoms with van der Waals surface area (Å²) in [7, 11) is 0. The first-order chi connectivity index (χ1) is 14.6. The molecule has 0 bridgehead atoms. The summed E-state index contributed by atoms with van der Waals surface area (Å²) in [6.07, 6.45) is 3.29. The summed E-state index contributed by atoms with van der Waals surface area (Å²) in [5.74, 6) is 0.551. The van der Waals surface area contributed by atoms with E-state index >= 15 is 0 Å². The van der Waals surface area contributed by atoms with Crippen molar-refractivity contribution < 1.29 is 9.18 Å². The van der Waals surface area contributed by atoms with E-state index in [9.17, 15) is 9.18 Å². The molecule has 0 N–H and O–H groups in total. The lowest BCUT2D eigenvalue weighted by Crippen LogP contribution is -2.43. The van der Waals surface area contributed by atoms with Gasteiger partial charge in [0.05, 0.1) is 17.9 Å². The highest BCUT2D eigenvalue weighted by Gasteiger charge is 2.24. The molecule has 0 radical (unpaired) electrons. The fourth-order valence-electron chi connectivity index (χ4n) is 3.82. The van der Waals surface area contributed by atoms with E-state index in [1.807, 2.05) is 39.8 Å². The number of aromatic nitrogens is 3. The standard InChI is InChI=1S/C23H25FN4OS/c1-17-9-7-8-14-27(17)21(29)16-30-23-26-25-22(19-12-5-6-13-20(19)24)28(23)15-18-10-3-2-4-11-18/h2-6,10-13,17H,7-9,14-16H2,1H3. The van der Waals surface area contributed by atoms with Crippen LogP contribution in [0.25, 0.3) is 11.4 Å². The molecule has 1 atom stereocenters. The summed E-state index contributed by atoms with van der Waals surface area (Å²) in [6, 6.07) is 16.8. The van der Waals surface area contributed by atoms with Gasteiger partial charge < -0.3 is 4.90 Å². The number of hydrogen-bond donors (Lipinski definition) is 0. The molecule has 1 unspecified atom stereocenters. The second-order valence-corrected chi connectivity index (χ2v) is 8.52. The number of benzene rings is 2. The first-order valence-corrected chi connectivity index (χ1v) is 11.3. The zero-order chi connectivity index (χ0) is 20.9. The summed E-state index contributed by atoms with van der Waals surface area (Å²) in [6.45, 7) is 3.43. The molecule has 3 aromatic rings. The molecular weight excluding hydrogens is 399 g/mol. The zero-order valence-electron chi connectivity index (χ0n) is 17.0.